The Balaban J connectivity index is 1.85. The molecule has 0 heterocycles. The van der Waals surface area contributed by atoms with Gasteiger partial charge in [-0.1, -0.05) is 38.5 Å². The lowest BCUT2D eigenvalue weighted by atomic mass is 9.84. The average Bonchev–Trinajstić information content (AvgIpc) is 2.42. The number of ether oxygens (including phenoxy) is 1. The Labute approximate surface area is 129 Å². The first-order valence-electron chi connectivity index (χ1n) is 8.17. The van der Waals surface area contributed by atoms with Crippen LogP contribution in [0.1, 0.15) is 40.5 Å². The summed E-state index contributed by atoms with van der Waals surface area (Å²) in [5.41, 5.74) is 2.70. The molecule has 1 aliphatic rings. The molecule has 0 aliphatic heterocycles. The fraction of sp³-hybridized carbons (Fsp3) is 0.579. The molecule has 116 valence electrons. The fourth-order valence-electron chi connectivity index (χ4n) is 3.06. The van der Waals surface area contributed by atoms with Gasteiger partial charge in [-0.05, 0) is 49.7 Å². The van der Waals surface area contributed by atoms with Crippen LogP contribution in [0, 0.1) is 17.8 Å². The highest BCUT2D eigenvalue weighted by molar-refractivity contribution is 5.48. The van der Waals surface area contributed by atoms with Crippen molar-refractivity contribution in [2.24, 2.45) is 17.8 Å². The maximum Gasteiger partial charge on any atom is 0.121 e. The Kier molecular flexibility index (Phi) is 5.72. The number of benzene rings is 1. The Hall–Kier alpha value is -1.44. The van der Waals surface area contributed by atoms with E-state index >= 15 is 0 Å². The minimum Gasteiger partial charge on any atom is -0.493 e. The minimum atomic E-state index is 0.556. The Morgan fingerprint density at radius 3 is 2.86 bits per heavy atom. The van der Waals surface area contributed by atoms with Crippen LogP contribution in [0.5, 0.6) is 5.75 Å². The highest BCUT2D eigenvalue weighted by Crippen LogP contribution is 2.28. The van der Waals surface area contributed by atoms with E-state index in [1.54, 1.807) is 0 Å². The normalized spacial score (nSPS) is 22.0. The quantitative estimate of drug-likeness (QED) is 0.733. The third-order valence-corrected chi connectivity index (χ3v) is 3.90. The molecule has 0 bridgehead atoms. The van der Waals surface area contributed by atoms with Crippen molar-refractivity contribution in [2.45, 2.75) is 40.5 Å². The lowest BCUT2D eigenvalue weighted by Gasteiger charge is -2.26. The summed E-state index contributed by atoms with van der Waals surface area (Å²) in [5.74, 6) is 2.97. The first-order valence-corrected chi connectivity index (χ1v) is 8.17. The van der Waals surface area contributed by atoms with Crippen LogP contribution in [0.2, 0.25) is 0 Å². The zero-order valence-corrected chi connectivity index (χ0v) is 13.9. The zero-order valence-electron chi connectivity index (χ0n) is 13.9. The molecular formula is C19H29NO. The second-order valence-corrected chi connectivity index (χ2v) is 6.91. The van der Waals surface area contributed by atoms with E-state index in [-0.39, 0.29) is 0 Å². The van der Waals surface area contributed by atoms with Crippen molar-refractivity contribution in [1.82, 2.24) is 0 Å². The topological polar surface area (TPSA) is 21.3 Å². The molecule has 2 nitrogen and oxygen atoms in total. The molecular weight excluding hydrogens is 258 g/mol. The third-order valence-electron chi connectivity index (χ3n) is 3.90. The van der Waals surface area contributed by atoms with Gasteiger partial charge < -0.3 is 10.1 Å². The van der Waals surface area contributed by atoms with Crippen LogP contribution >= 0.6 is 0 Å². The first-order chi connectivity index (χ1) is 10.0. The van der Waals surface area contributed by atoms with Gasteiger partial charge in [-0.3, -0.25) is 0 Å². The van der Waals surface area contributed by atoms with Gasteiger partial charge in [0.15, 0.2) is 0 Å². The van der Waals surface area contributed by atoms with Crippen LogP contribution in [-0.2, 0) is 0 Å². The lowest BCUT2D eigenvalue weighted by Crippen LogP contribution is -2.20. The molecule has 2 heteroatoms. The second-order valence-electron chi connectivity index (χ2n) is 6.91. The molecule has 0 fully saturated rings. The molecule has 1 N–H and O–H groups in total. The number of rotatable bonds is 6. The summed E-state index contributed by atoms with van der Waals surface area (Å²) in [6.07, 6.45) is 4.92. The van der Waals surface area contributed by atoms with Crippen molar-refractivity contribution in [3.05, 3.63) is 35.9 Å². The standard InChI is InChI=1S/C19H29NO/c1-14(2)13-21-19-7-5-6-18(11-19)20-12-17-9-15(3)8-16(4)10-17/h5-8,11,14-15,17,20H,9-10,12-13H2,1-4H3. The number of allylic oxidation sites excluding steroid dienone is 2. The maximum atomic E-state index is 5.78. The van der Waals surface area contributed by atoms with Crippen molar-refractivity contribution in [2.75, 3.05) is 18.5 Å². The fourth-order valence-corrected chi connectivity index (χ4v) is 3.06. The van der Waals surface area contributed by atoms with Crippen molar-refractivity contribution in [3.63, 3.8) is 0 Å². The van der Waals surface area contributed by atoms with Crippen molar-refractivity contribution in [1.29, 1.82) is 0 Å². The summed E-state index contributed by atoms with van der Waals surface area (Å²) in [4.78, 5) is 0. The molecule has 0 saturated heterocycles. The molecule has 1 aliphatic carbocycles. The summed E-state index contributed by atoms with van der Waals surface area (Å²) in [5, 5.41) is 3.58. The predicted octanol–water partition coefficient (Wildman–Crippen LogP) is 5.13. The van der Waals surface area contributed by atoms with Crippen molar-refractivity contribution < 1.29 is 4.74 Å². The van der Waals surface area contributed by atoms with E-state index in [1.807, 2.05) is 6.07 Å². The molecule has 2 unspecified atom stereocenters. The van der Waals surface area contributed by atoms with Gasteiger partial charge in [-0.2, -0.15) is 0 Å². The molecule has 0 saturated carbocycles. The molecule has 0 radical (unpaired) electrons. The minimum absolute atomic E-state index is 0.556. The van der Waals surface area contributed by atoms with E-state index in [9.17, 15) is 0 Å². The summed E-state index contributed by atoms with van der Waals surface area (Å²) >= 11 is 0. The van der Waals surface area contributed by atoms with E-state index < -0.39 is 0 Å². The molecule has 0 spiro atoms. The molecule has 1 aromatic carbocycles. The van der Waals surface area contributed by atoms with Crippen molar-refractivity contribution >= 4 is 5.69 Å². The van der Waals surface area contributed by atoms with Gasteiger partial charge in [-0.25, -0.2) is 0 Å². The SMILES string of the molecule is CC1=CC(C)CC(CNc2cccc(OCC(C)C)c2)C1. The summed E-state index contributed by atoms with van der Waals surface area (Å²) in [7, 11) is 0. The zero-order chi connectivity index (χ0) is 15.2. The smallest absolute Gasteiger partial charge is 0.121 e. The highest BCUT2D eigenvalue weighted by atomic mass is 16.5. The Morgan fingerprint density at radius 2 is 2.14 bits per heavy atom. The van der Waals surface area contributed by atoms with E-state index in [0.29, 0.717) is 11.8 Å². The van der Waals surface area contributed by atoms with E-state index in [0.717, 1.165) is 30.5 Å². The Bertz CT molecular complexity index is 478. The van der Waals surface area contributed by atoms with Gasteiger partial charge in [-0.15, -0.1) is 0 Å². The van der Waals surface area contributed by atoms with Crippen LogP contribution in [0.25, 0.3) is 0 Å². The first kappa shape index (κ1) is 15.9. The van der Waals surface area contributed by atoms with Crippen LogP contribution in [-0.4, -0.2) is 13.2 Å². The summed E-state index contributed by atoms with van der Waals surface area (Å²) in [6.45, 7) is 10.7. The molecule has 2 rings (SSSR count). The van der Waals surface area contributed by atoms with Gasteiger partial charge in [0.25, 0.3) is 0 Å². The number of anilines is 1. The molecule has 21 heavy (non-hydrogen) atoms. The van der Waals surface area contributed by atoms with Crippen molar-refractivity contribution in [3.8, 4) is 5.75 Å². The molecule has 1 aromatic rings. The predicted molar refractivity (Wildman–Crippen MR) is 90.9 cm³/mol. The largest absolute Gasteiger partial charge is 0.493 e. The monoisotopic (exact) mass is 287 g/mol. The van der Waals surface area contributed by atoms with Crippen LogP contribution in [0.4, 0.5) is 5.69 Å². The highest BCUT2D eigenvalue weighted by Gasteiger charge is 2.17. The van der Waals surface area contributed by atoms with E-state index in [1.165, 1.54) is 18.4 Å². The number of nitrogens with one attached hydrogen (secondary N) is 1. The van der Waals surface area contributed by atoms with Gasteiger partial charge in [0.05, 0.1) is 6.61 Å². The summed E-state index contributed by atoms with van der Waals surface area (Å²) in [6, 6.07) is 8.32. The Morgan fingerprint density at radius 1 is 1.33 bits per heavy atom. The molecule has 0 aromatic heterocycles. The van der Waals surface area contributed by atoms with Crippen LogP contribution < -0.4 is 10.1 Å². The van der Waals surface area contributed by atoms with E-state index in [4.69, 9.17) is 4.74 Å². The van der Waals surface area contributed by atoms with Gasteiger partial charge in [0, 0.05) is 18.3 Å². The van der Waals surface area contributed by atoms with Gasteiger partial charge in [0.1, 0.15) is 5.75 Å². The van der Waals surface area contributed by atoms with Gasteiger partial charge in [0.2, 0.25) is 0 Å². The van der Waals surface area contributed by atoms with Crippen LogP contribution in [0.15, 0.2) is 35.9 Å². The van der Waals surface area contributed by atoms with Gasteiger partial charge >= 0.3 is 0 Å². The molecule has 2 atom stereocenters. The number of hydrogen-bond acceptors (Lipinski definition) is 2. The van der Waals surface area contributed by atoms with Crippen LogP contribution in [0.3, 0.4) is 0 Å². The maximum absolute atomic E-state index is 5.78. The summed E-state index contributed by atoms with van der Waals surface area (Å²) < 4.78 is 5.78. The third kappa shape index (κ3) is 5.45. The molecule has 0 amide bonds. The van der Waals surface area contributed by atoms with E-state index in [2.05, 4.69) is 57.3 Å². The second kappa shape index (κ2) is 7.53. The average molecular weight is 287 g/mol. The lowest BCUT2D eigenvalue weighted by molar-refractivity contribution is 0.271. The number of hydrogen-bond donors (Lipinski definition) is 1.